The molecule has 1 aromatic carbocycles. The van der Waals surface area contributed by atoms with Gasteiger partial charge in [0.15, 0.2) is 6.29 Å². The lowest BCUT2D eigenvalue weighted by Gasteiger charge is -2.10. The van der Waals surface area contributed by atoms with Crippen LogP contribution in [0.3, 0.4) is 0 Å². The summed E-state index contributed by atoms with van der Waals surface area (Å²) >= 11 is 0. The zero-order valence-corrected chi connectivity index (χ0v) is 9.69. The largest absolute Gasteiger partial charge is 0.325 e. The molecule has 3 nitrogen and oxygen atoms in total. The van der Waals surface area contributed by atoms with Crippen molar-refractivity contribution in [2.24, 2.45) is 5.92 Å². The zero-order valence-electron chi connectivity index (χ0n) is 9.69. The molecule has 86 valence electrons. The van der Waals surface area contributed by atoms with Gasteiger partial charge < -0.3 is 5.32 Å². The number of rotatable bonds is 5. The number of anilines is 1. The maximum absolute atomic E-state index is 11.6. The predicted molar refractivity (Wildman–Crippen MR) is 64.5 cm³/mol. The summed E-state index contributed by atoms with van der Waals surface area (Å²) in [4.78, 5) is 22.4. The maximum atomic E-state index is 11.6. The average molecular weight is 219 g/mol. The highest BCUT2D eigenvalue weighted by atomic mass is 16.1. The summed E-state index contributed by atoms with van der Waals surface area (Å²) in [7, 11) is 0. The standard InChI is InChI=1S/C13H17NO2/c1-3-10(2)8-13(16)14-12-7-5-4-6-11(12)9-15/h4-7,9-10H,3,8H2,1-2H3,(H,14,16). The molecule has 0 saturated heterocycles. The van der Waals surface area contributed by atoms with Gasteiger partial charge in [0.05, 0.1) is 5.69 Å². The van der Waals surface area contributed by atoms with E-state index in [0.717, 1.165) is 12.7 Å². The molecule has 1 unspecified atom stereocenters. The van der Waals surface area contributed by atoms with Crippen molar-refractivity contribution in [2.75, 3.05) is 5.32 Å². The molecule has 0 radical (unpaired) electrons. The topological polar surface area (TPSA) is 46.2 Å². The Morgan fingerprint density at radius 2 is 2.12 bits per heavy atom. The van der Waals surface area contributed by atoms with Crippen molar-refractivity contribution in [1.29, 1.82) is 0 Å². The Bertz CT molecular complexity index is 374. The molecule has 1 atom stereocenters. The average Bonchev–Trinajstić information content (AvgIpc) is 2.29. The van der Waals surface area contributed by atoms with Crippen LogP contribution < -0.4 is 5.32 Å². The second-order valence-electron chi connectivity index (χ2n) is 3.97. The minimum Gasteiger partial charge on any atom is -0.325 e. The van der Waals surface area contributed by atoms with Crippen LogP contribution in [-0.4, -0.2) is 12.2 Å². The van der Waals surface area contributed by atoms with Gasteiger partial charge in [0.25, 0.3) is 0 Å². The Labute approximate surface area is 95.9 Å². The number of aldehydes is 1. The van der Waals surface area contributed by atoms with E-state index >= 15 is 0 Å². The first-order valence-corrected chi connectivity index (χ1v) is 5.51. The number of benzene rings is 1. The molecule has 0 aromatic heterocycles. The Kier molecular flexibility index (Phi) is 4.70. The van der Waals surface area contributed by atoms with Crippen LogP contribution >= 0.6 is 0 Å². The third kappa shape index (κ3) is 3.50. The van der Waals surface area contributed by atoms with Gasteiger partial charge >= 0.3 is 0 Å². The van der Waals surface area contributed by atoms with Gasteiger partial charge in [0, 0.05) is 12.0 Å². The Balaban J connectivity index is 2.65. The molecule has 1 aromatic rings. The first-order valence-electron chi connectivity index (χ1n) is 5.51. The Morgan fingerprint density at radius 1 is 1.44 bits per heavy atom. The minimum absolute atomic E-state index is 0.0383. The van der Waals surface area contributed by atoms with Crippen molar-refractivity contribution >= 4 is 17.9 Å². The van der Waals surface area contributed by atoms with E-state index in [-0.39, 0.29) is 5.91 Å². The summed E-state index contributed by atoms with van der Waals surface area (Å²) < 4.78 is 0. The molecule has 0 aliphatic heterocycles. The number of hydrogen-bond donors (Lipinski definition) is 1. The van der Waals surface area contributed by atoms with E-state index in [1.807, 2.05) is 6.92 Å². The van der Waals surface area contributed by atoms with Crippen LogP contribution in [0.25, 0.3) is 0 Å². The van der Waals surface area contributed by atoms with E-state index in [2.05, 4.69) is 12.2 Å². The van der Waals surface area contributed by atoms with Crippen molar-refractivity contribution in [3.05, 3.63) is 29.8 Å². The summed E-state index contributed by atoms with van der Waals surface area (Å²) in [6.07, 6.45) is 2.21. The lowest BCUT2D eigenvalue weighted by molar-refractivity contribution is -0.117. The number of nitrogens with one attached hydrogen (secondary N) is 1. The fraction of sp³-hybridized carbons (Fsp3) is 0.385. The van der Waals surface area contributed by atoms with Gasteiger partial charge in [-0.2, -0.15) is 0 Å². The smallest absolute Gasteiger partial charge is 0.224 e. The van der Waals surface area contributed by atoms with Crippen molar-refractivity contribution < 1.29 is 9.59 Å². The molecule has 0 bridgehead atoms. The summed E-state index contributed by atoms with van der Waals surface area (Å²) in [6.45, 7) is 4.09. The molecule has 0 spiro atoms. The van der Waals surface area contributed by atoms with Gasteiger partial charge in [-0.05, 0) is 18.1 Å². The molecule has 3 heteroatoms. The summed E-state index contributed by atoms with van der Waals surface area (Å²) in [5, 5.41) is 2.76. The van der Waals surface area contributed by atoms with Crippen LogP contribution in [0.1, 0.15) is 37.0 Å². The lowest BCUT2D eigenvalue weighted by Crippen LogP contribution is -2.15. The highest BCUT2D eigenvalue weighted by Gasteiger charge is 2.09. The van der Waals surface area contributed by atoms with E-state index in [1.54, 1.807) is 24.3 Å². The van der Waals surface area contributed by atoms with Crippen LogP contribution in [-0.2, 0) is 4.79 Å². The van der Waals surface area contributed by atoms with E-state index < -0.39 is 0 Å². The van der Waals surface area contributed by atoms with Gasteiger partial charge in [0.2, 0.25) is 5.91 Å². The van der Waals surface area contributed by atoms with Crippen LogP contribution in [0, 0.1) is 5.92 Å². The van der Waals surface area contributed by atoms with Crippen LogP contribution in [0.2, 0.25) is 0 Å². The molecule has 0 saturated carbocycles. The van der Waals surface area contributed by atoms with Gasteiger partial charge in [-0.15, -0.1) is 0 Å². The van der Waals surface area contributed by atoms with E-state index in [4.69, 9.17) is 0 Å². The van der Waals surface area contributed by atoms with E-state index in [1.165, 1.54) is 0 Å². The van der Waals surface area contributed by atoms with Gasteiger partial charge in [-0.3, -0.25) is 9.59 Å². The van der Waals surface area contributed by atoms with Crippen LogP contribution in [0.5, 0.6) is 0 Å². The van der Waals surface area contributed by atoms with E-state index in [9.17, 15) is 9.59 Å². The first-order chi connectivity index (χ1) is 7.67. The lowest BCUT2D eigenvalue weighted by atomic mass is 10.0. The molecule has 1 N–H and O–H groups in total. The van der Waals surface area contributed by atoms with Crippen molar-refractivity contribution in [3.63, 3.8) is 0 Å². The number of amides is 1. The molecule has 0 fully saturated rings. The number of para-hydroxylation sites is 1. The minimum atomic E-state index is -0.0383. The summed E-state index contributed by atoms with van der Waals surface area (Å²) in [5.74, 6) is 0.326. The fourth-order valence-electron chi connectivity index (χ4n) is 1.38. The van der Waals surface area contributed by atoms with Crippen LogP contribution in [0.15, 0.2) is 24.3 Å². The molecule has 0 aliphatic rings. The number of hydrogen-bond acceptors (Lipinski definition) is 2. The predicted octanol–water partition coefficient (Wildman–Crippen LogP) is 2.87. The van der Waals surface area contributed by atoms with E-state index in [0.29, 0.717) is 23.6 Å². The van der Waals surface area contributed by atoms with Crippen LogP contribution in [0.4, 0.5) is 5.69 Å². The summed E-state index contributed by atoms with van der Waals surface area (Å²) in [5.41, 5.74) is 1.10. The Hall–Kier alpha value is -1.64. The fourth-order valence-corrected chi connectivity index (χ4v) is 1.38. The van der Waals surface area contributed by atoms with Crippen molar-refractivity contribution in [1.82, 2.24) is 0 Å². The van der Waals surface area contributed by atoms with Gasteiger partial charge in [-0.25, -0.2) is 0 Å². The second-order valence-corrected chi connectivity index (χ2v) is 3.97. The van der Waals surface area contributed by atoms with Gasteiger partial charge in [0.1, 0.15) is 0 Å². The monoisotopic (exact) mass is 219 g/mol. The molecular weight excluding hydrogens is 202 g/mol. The second kappa shape index (κ2) is 6.05. The number of carbonyl (C=O) groups excluding carboxylic acids is 2. The summed E-state index contributed by atoms with van der Waals surface area (Å²) in [6, 6.07) is 6.99. The highest BCUT2D eigenvalue weighted by molar-refractivity contribution is 5.96. The quantitative estimate of drug-likeness (QED) is 0.774. The molecule has 16 heavy (non-hydrogen) atoms. The first kappa shape index (κ1) is 12.4. The molecule has 0 heterocycles. The molecule has 1 rings (SSSR count). The third-order valence-electron chi connectivity index (χ3n) is 2.59. The number of carbonyl (C=O) groups is 2. The van der Waals surface area contributed by atoms with Crippen molar-refractivity contribution in [3.8, 4) is 0 Å². The Morgan fingerprint density at radius 3 is 2.75 bits per heavy atom. The maximum Gasteiger partial charge on any atom is 0.224 e. The SMILES string of the molecule is CCC(C)CC(=O)Nc1ccccc1C=O. The molecular formula is C13H17NO2. The molecule has 1 amide bonds. The zero-order chi connectivity index (χ0) is 12.0. The van der Waals surface area contributed by atoms with Gasteiger partial charge in [-0.1, -0.05) is 32.4 Å². The molecule has 0 aliphatic carbocycles. The highest BCUT2D eigenvalue weighted by Crippen LogP contribution is 2.14. The third-order valence-corrected chi connectivity index (χ3v) is 2.59. The van der Waals surface area contributed by atoms with Crippen molar-refractivity contribution in [2.45, 2.75) is 26.7 Å². The normalized spacial score (nSPS) is 11.9.